The number of aliphatic hydroxyl groups excluding tert-OH is 1. The quantitative estimate of drug-likeness (QED) is 0.176. The highest BCUT2D eigenvalue weighted by molar-refractivity contribution is 5.95. The number of rotatable bonds is 15. The van der Waals surface area contributed by atoms with Crippen molar-refractivity contribution in [3.05, 3.63) is 71.8 Å². The number of amides is 4. The molecule has 12 nitrogen and oxygen atoms in total. The fraction of sp³-hybridized carbons (Fsp3) is 0.469. The third-order valence-electron chi connectivity index (χ3n) is 6.34. The molecule has 0 bridgehead atoms. The Hall–Kier alpha value is -4.45. The standard InChI is InChI=1S/C32H44N4O8/c1-20(2)16-23(33-29(40)25(18-22-14-10-7-11-15-22)36-31(43)44-32(3,4)5)27(38)34-24(17-21-12-8-6-9-13-21)28(39)35-26(19-37)30(41)42/h6-15,20,23-26,37H,16-19H2,1-5H3,(H,33,40)(H,34,38)(H,35,39)(H,36,43)(H,41,42)/t23-,24-,25-,26-/m0/s1. The van der Waals surface area contributed by atoms with E-state index < -0.39 is 66.2 Å². The number of alkyl carbamates (subject to hydrolysis) is 1. The van der Waals surface area contributed by atoms with E-state index in [1.807, 2.05) is 19.9 Å². The van der Waals surface area contributed by atoms with E-state index in [0.29, 0.717) is 5.56 Å². The highest BCUT2D eigenvalue weighted by Crippen LogP contribution is 2.12. The van der Waals surface area contributed by atoms with Gasteiger partial charge in [-0.3, -0.25) is 14.4 Å². The molecule has 44 heavy (non-hydrogen) atoms. The molecule has 0 saturated carbocycles. The average Bonchev–Trinajstić information content (AvgIpc) is 2.94. The fourth-order valence-electron chi connectivity index (χ4n) is 4.27. The Labute approximate surface area is 257 Å². The van der Waals surface area contributed by atoms with E-state index in [4.69, 9.17) is 4.74 Å². The summed E-state index contributed by atoms with van der Waals surface area (Å²) in [4.78, 5) is 64.4. The van der Waals surface area contributed by atoms with Crippen molar-refractivity contribution >= 4 is 29.8 Å². The van der Waals surface area contributed by atoms with E-state index in [1.165, 1.54) is 0 Å². The minimum absolute atomic E-state index is 0.0232. The summed E-state index contributed by atoms with van der Waals surface area (Å²) in [7, 11) is 0. The highest BCUT2D eigenvalue weighted by Gasteiger charge is 2.32. The number of ether oxygens (including phenoxy) is 1. The molecule has 6 N–H and O–H groups in total. The van der Waals surface area contributed by atoms with Crippen LogP contribution in [0.25, 0.3) is 0 Å². The van der Waals surface area contributed by atoms with Crippen molar-refractivity contribution in [3.63, 3.8) is 0 Å². The average molecular weight is 613 g/mol. The number of hydrogen-bond acceptors (Lipinski definition) is 7. The normalized spacial score (nSPS) is 14.0. The van der Waals surface area contributed by atoms with Gasteiger partial charge in [0.1, 0.15) is 29.8 Å². The predicted molar refractivity (Wildman–Crippen MR) is 163 cm³/mol. The number of aliphatic carboxylic acids is 1. The maximum absolute atomic E-state index is 13.6. The van der Waals surface area contributed by atoms with Gasteiger partial charge in [-0.15, -0.1) is 0 Å². The maximum atomic E-state index is 13.6. The zero-order chi connectivity index (χ0) is 32.9. The Kier molecular flexibility index (Phi) is 13.8. The van der Waals surface area contributed by atoms with Gasteiger partial charge in [0.05, 0.1) is 6.61 Å². The number of hydrogen-bond donors (Lipinski definition) is 6. The van der Waals surface area contributed by atoms with Gasteiger partial charge >= 0.3 is 12.1 Å². The van der Waals surface area contributed by atoms with E-state index in [1.54, 1.807) is 75.4 Å². The molecule has 0 saturated heterocycles. The topological polar surface area (TPSA) is 183 Å². The summed E-state index contributed by atoms with van der Waals surface area (Å²) in [5.74, 6) is -3.60. The van der Waals surface area contributed by atoms with Crippen LogP contribution in [-0.4, -0.2) is 76.4 Å². The van der Waals surface area contributed by atoms with Crippen molar-refractivity contribution in [1.29, 1.82) is 0 Å². The predicted octanol–water partition coefficient (Wildman–Crippen LogP) is 1.94. The number of carboxylic acid groups (broad SMARTS) is 1. The summed E-state index contributed by atoms with van der Waals surface area (Å²) in [5, 5.41) is 28.9. The van der Waals surface area contributed by atoms with Crippen molar-refractivity contribution in [1.82, 2.24) is 21.3 Å². The molecule has 240 valence electrons. The molecule has 0 aliphatic carbocycles. The largest absolute Gasteiger partial charge is 0.480 e. The summed E-state index contributed by atoms with van der Waals surface area (Å²) in [6, 6.07) is 12.9. The molecule has 2 aromatic carbocycles. The van der Waals surface area contributed by atoms with Gasteiger partial charge in [0.15, 0.2) is 0 Å². The van der Waals surface area contributed by atoms with Crippen molar-refractivity contribution in [3.8, 4) is 0 Å². The van der Waals surface area contributed by atoms with E-state index in [2.05, 4.69) is 21.3 Å². The second-order valence-corrected chi connectivity index (χ2v) is 11.9. The number of benzene rings is 2. The Morgan fingerprint density at radius 3 is 1.50 bits per heavy atom. The summed E-state index contributed by atoms with van der Waals surface area (Å²) >= 11 is 0. The first-order chi connectivity index (χ1) is 20.7. The van der Waals surface area contributed by atoms with Crippen LogP contribution in [0, 0.1) is 5.92 Å². The van der Waals surface area contributed by atoms with Gasteiger partial charge in [-0.05, 0) is 44.2 Å². The van der Waals surface area contributed by atoms with E-state index in [0.717, 1.165) is 5.56 Å². The molecule has 4 amide bonds. The first-order valence-corrected chi connectivity index (χ1v) is 14.5. The molecule has 0 fully saturated rings. The molecule has 0 aliphatic rings. The summed E-state index contributed by atoms with van der Waals surface area (Å²) < 4.78 is 5.35. The van der Waals surface area contributed by atoms with Crippen LogP contribution >= 0.6 is 0 Å². The van der Waals surface area contributed by atoms with Gasteiger partial charge in [-0.25, -0.2) is 9.59 Å². The van der Waals surface area contributed by atoms with Crippen molar-refractivity contribution < 1.29 is 38.9 Å². The molecule has 2 rings (SSSR count). The van der Waals surface area contributed by atoms with Crippen LogP contribution in [-0.2, 0) is 36.8 Å². The monoisotopic (exact) mass is 612 g/mol. The van der Waals surface area contributed by atoms with Crippen LogP contribution in [0.15, 0.2) is 60.7 Å². The van der Waals surface area contributed by atoms with Crippen LogP contribution < -0.4 is 21.3 Å². The second-order valence-electron chi connectivity index (χ2n) is 11.9. The Morgan fingerprint density at radius 1 is 0.682 bits per heavy atom. The molecule has 0 aromatic heterocycles. The van der Waals surface area contributed by atoms with Crippen LogP contribution in [0.5, 0.6) is 0 Å². The first-order valence-electron chi connectivity index (χ1n) is 14.5. The summed E-state index contributed by atoms with van der Waals surface area (Å²) in [5.41, 5.74) is 0.657. The Bertz CT molecular complexity index is 1250. The van der Waals surface area contributed by atoms with Crippen molar-refractivity contribution in [2.24, 2.45) is 5.92 Å². The molecule has 0 spiro atoms. The van der Waals surface area contributed by atoms with Gasteiger partial charge < -0.3 is 36.2 Å². The van der Waals surface area contributed by atoms with Crippen LogP contribution in [0.4, 0.5) is 4.79 Å². The minimum Gasteiger partial charge on any atom is -0.480 e. The van der Waals surface area contributed by atoms with E-state index in [-0.39, 0.29) is 25.2 Å². The van der Waals surface area contributed by atoms with E-state index >= 15 is 0 Å². The van der Waals surface area contributed by atoms with Crippen molar-refractivity contribution in [2.45, 2.75) is 83.6 Å². The number of carbonyl (C=O) groups is 5. The van der Waals surface area contributed by atoms with Gasteiger partial charge in [0.25, 0.3) is 0 Å². The zero-order valence-electron chi connectivity index (χ0n) is 25.8. The van der Waals surface area contributed by atoms with Gasteiger partial charge in [-0.2, -0.15) is 0 Å². The first kappa shape index (κ1) is 35.7. The number of carboxylic acids is 1. The molecular formula is C32H44N4O8. The lowest BCUT2D eigenvalue weighted by atomic mass is 9.99. The van der Waals surface area contributed by atoms with Gasteiger partial charge in [0, 0.05) is 12.8 Å². The molecular weight excluding hydrogens is 568 g/mol. The second kappa shape index (κ2) is 17.0. The van der Waals surface area contributed by atoms with Crippen molar-refractivity contribution in [2.75, 3.05) is 6.61 Å². The van der Waals surface area contributed by atoms with Gasteiger partial charge in [0.2, 0.25) is 17.7 Å². The third kappa shape index (κ3) is 12.8. The molecule has 0 aliphatic heterocycles. The SMILES string of the molecule is CC(C)C[C@H](NC(=O)[C@H](Cc1ccccc1)NC(=O)OC(C)(C)C)C(=O)N[C@@H](Cc1ccccc1)C(=O)N[C@@H](CO)C(=O)O. The minimum atomic E-state index is -1.57. The van der Waals surface area contributed by atoms with Crippen LogP contribution in [0.1, 0.15) is 52.2 Å². The number of aliphatic hydroxyl groups is 1. The summed E-state index contributed by atoms with van der Waals surface area (Å²) in [6.07, 6.45) is -0.445. The van der Waals surface area contributed by atoms with E-state index in [9.17, 15) is 34.2 Å². The lowest BCUT2D eigenvalue weighted by Gasteiger charge is -2.27. The fourth-order valence-corrected chi connectivity index (χ4v) is 4.27. The maximum Gasteiger partial charge on any atom is 0.408 e. The molecule has 0 radical (unpaired) electrons. The van der Waals surface area contributed by atoms with Crippen LogP contribution in [0.2, 0.25) is 0 Å². The van der Waals surface area contributed by atoms with Gasteiger partial charge in [-0.1, -0.05) is 74.5 Å². The lowest BCUT2D eigenvalue weighted by molar-refractivity contribution is -0.143. The molecule has 0 unspecified atom stereocenters. The summed E-state index contributed by atoms with van der Waals surface area (Å²) in [6.45, 7) is 7.97. The molecule has 0 heterocycles. The Morgan fingerprint density at radius 2 is 1.09 bits per heavy atom. The molecule has 2 aromatic rings. The Balaban J connectivity index is 2.30. The van der Waals surface area contributed by atoms with Crippen LogP contribution in [0.3, 0.4) is 0 Å². The smallest absolute Gasteiger partial charge is 0.408 e. The highest BCUT2D eigenvalue weighted by atomic mass is 16.6. The zero-order valence-corrected chi connectivity index (χ0v) is 25.8. The lowest BCUT2D eigenvalue weighted by Crippen LogP contribution is -2.59. The number of nitrogens with one attached hydrogen (secondary N) is 4. The molecule has 12 heteroatoms. The third-order valence-corrected chi connectivity index (χ3v) is 6.34. The molecule has 4 atom stereocenters. The number of carbonyl (C=O) groups excluding carboxylic acids is 4.